The largest absolute Gasteiger partial charge is 0.396 e. The quantitative estimate of drug-likeness (QED) is 0.493. The zero-order chi connectivity index (χ0) is 12.8. The van der Waals surface area contributed by atoms with Gasteiger partial charge in [0.1, 0.15) is 0 Å². The van der Waals surface area contributed by atoms with Gasteiger partial charge in [0.2, 0.25) is 0 Å². The Morgan fingerprint density at radius 1 is 0.882 bits per heavy atom. The number of hydrogen-bond acceptors (Lipinski definition) is 2. The highest BCUT2D eigenvalue weighted by atomic mass is 16.5. The summed E-state index contributed by atoms with van der Waals surface area (Å²) in [5.41, 5.74) is 0. The van der Waals surface area contributed by atoms with Crippen LogP contribution in [0.25, 0.3) is 0 Å². The van der Waals surface area contributed by atoms with Gasteiger partial charge in [-0.15, -0.1) is 0 Å². The fourth-order valence-corrected chi connectivity index (χ4v) is 2.14. The van der Waals surface area contributed by atoms with Crippen molar-refractivity contribution in [3.05, 3.63) is 0 Å². The number of hydrogen-bond donors (Lipinski definition) is 1. The molecule has 0 saturated heterocycles. The molecule has 2 nitrogen and oxygen atoms in total. The highest BCUT2D eigenvalue weighted by molar-refractivity contribution is 4.58. The maximum Gasteiger partial charge on any atom is 0.0494 e. The lowest BCUT2D eigenvalue weighted by atomic mass is 9.97. The molecule has 0 rings (SSSR count). The molecule has 0 saturated carbocycles. The summed E-state index contributed by atoms with van der Waals surface area (Å²) in [6.07, 6.45) is 10.9. The number of aliphatic hydroxyl groups excluding tert-OH is 1. The summed E-state index contributed by atoms with van der Waals surface area (Å²) in [6, 6.07) is 0. The lowest BCUT2D eigenvalue weighted by Crippen LogP contribution is -2.10. The molecule has 1 unspecified atom stereocenters. The van der Waals surface area contributed by atoms with Crippen LogP contribution < -0.4 is 0 Å². The van der Waals surface area contributed by atoms with Crippen LogP contribution in [0.3, 0.4) is 0 Å². The topological polar surface area (TPSA) is 29.5 Å². The van der Waals surface area contributed by atoms with Crippen molar-refractivity contribution in [2.75, 3.05) is 19.8 Å². The Bertz CT molecular complexity index is 137. The third kappa shape index (κ3) is 12.2. The molecule has 0 radical (unpaired) electrons. The van der Waals surface area contributed by atoms with Crippen LogP contribution in [0, 0.1) is 5.92 Å². The molecule has 0 aromatic rings. The monoisotopic (exact) mass is 244 g/mol. The fraction of sp³-hybridized carbons (Fsp3) is 1.00. The van der Waals surface area contributed by atoms with Gasteiger partial charge in [-0.2, -0.15) is 0 Å². The minimum Gasteiger partial charge on any atom is -0.396 e. The van der Waals surface area contributed by atoms with Crippen molar-refractivity contribution in [2.45, 2.75) is 71.6 Å². The van der Waals surface area contributed by atoms with E-state index in [0.717, 1.165) is 32.0 Å². The molecule has 0 heterocycles. The van der Waals surface area contributed by atoms with Gasteiger partial charge < -0.3 is 9.84 Å². The maximum atomic E-state index is 8.73. The smallest absolute Gasteiger partial charge is 0.0494 e. The van der Waals surface area contributed by atoms with Gasteiger partial charge in [0.05, 0.1) is 0 Å². The van der Waals surface area contributed by atoms with E-state index in [1.807, 2.05) is 0 Å². The Morgan fingerprint density at radius 2 is 1.71 bits per heavy atom. The molecule has 0 aliphatic rings. The van der Waals surface area contributed by atoms with Crippen molar-refractivity contribution in [1.29, 1.82) is 0 Å². The first-order valence-electron chi connectivity index (χ1n) is 7.53. The van der Waals surface area contributed by atoms with E-state index in [-0.39, 0.29) is 0 Å². The molecule has 0 spiro atoms. The van der Waals surface area contributed by atoms with Crippen molar-refractivity contribution in [1.82, 2.24) is 0 Å². The molecule has 0 aromatic carbocycles. The van der Waals surface area contributed by atoms with Gasteiger partial charge in [-0.3, -0.25) is 0 Å². The summed E-state index contributed by atoms with van der Waals surface area (Å²) in [6.45, 7) is 6.69. The molecule has 0 fully saturated rings. The molecule has 17 heavy (non-hydrogen) atoms. The molecule has 0 aliphatic carbocycles. The minimum atomic E-state index is 0.339. The van der Waals surface area contributed by atoms with Crippen LogP contribution in [0.4, 0.5) is 0 Å². The van der Waals surface area contributed by atoms with E-state index < -0.39 is 0 Å². The lowest BCUT2D eigenvalue weighted by molar-refractivity contribution is 0.0887. The second-order valence-electron chi connectivity index (χ2n) is 5.01. The second-order valence-corrected chi connectivity index (χ2v) is 5.01. The van der Waals surface area contributed by atoms with Gasteiger partial charge in [0.15, 0.2) is 0 Å². The van der Waals surface area contributed by atoms with Crippen molar-refractivity contribution in [3.63, 3.8) is 0 Å². The molecular weight excluding hydrogens is 212 g/mol. The van der Waals surface area contributed by atoms with Gasteiger partial charge in [0.25, 0.3) is 0 Å². The van der Waals surface area contributed by atoms with Crippen LogP contribution in [0.5, 0.6) is 0 Å². The molecule has 0 bridgehead atoms. The third-order valence-corrected chi connectivity index (χ3v) is 3.21. The average Bonchev–Trinajstić information content (AvgIpc) is 2.34. The molecule has 104 valence electrons. The second kappa shape index (κ2) is 14.0. The number of rotatable bonds is 13. The summed E-state index contributed by atoms with van der Waals surface area (Å²) < 4.78 is 5.76. The Morgan fingerprint density at radius 3 is 2.35 bits per heavy atom. The van der Waals surface area contributed by atoms with E-state index in [0.29, 0.717) is 6.61 Å². The highest BCUT2D eigenvalue weighted by Crippen LogP contribution is 2.16. The van der Waals surface area contributed by atoms with E-state index in [4.69, 9.17) is 9.84 Å². The van der Waals surface area contributed by atoms with E-state index in [2.05, 4.69) is 13.8 Å². The molecule has 1 atom stereocenters. The average molecular weight is 244 g/mol. The Balaban J connectivity index is 3.45. The van der Waals surface area contributed by atoms with Crippen molar-refractivity contribution in [2.24, 2.45) is 5.92 Å². The predicted molar refractivity (Wildman–Crippen MR) is 74.3 cm³/mol. The normalized spacial score (nSPS) is 12.9. The van der Waals surface area contributed by atoms with Crippen LogP contribution in [0.1, 0.15) is 71.6 Å². The van der Waals surface area contributed by atoms with Crippen LogP contribution in [-0.2, 0) is 4.74 Å². The van der Waals surface area contributed by atoms with Gasteiger partial charge in [-0.1, -0.05) is 46.0 Å². The lowest BCUT2D eigenvalue weighted by Gasteiger charge is -2.16. The maximum absolute atomic E-state index is 8.73. The van der Waals surface area contributed by atoms with Crippen LogP contribution >= 0.6 is 0 Å². The first-order valence-corrected chi connectivity index (χ1v) is 7.53. The van der Waals surface area contributed by atoms with Gasteiger partial charge in [0, 0.05) is 19.8 Å². The van der Waals surface area contributed by atoms with Crippen LogP contribution in [0.2, 0.25) is 0 Å². The summed E-state index contributed by atoms with van der Waals surface area (Å²) in [7, 11) is 0. The Kier molecular flexibility index (Phi) is 13.9. The van der Waals surface area contributed by atoms with E-state index in [1.165, 1.54) is 44.9 Å². The molecule has 0 aromatic heterocycles. The highest BCUT2D eigenvalue weighted by Gasteiger charge is 2.07. The van der Waals surface area contributed by atoms with E-state index in [9.17, 15) is 0 Å². The molecule has 0 aliphatic heterocycles. The number of aliphatic hydroxyl groups is 1. The SMILES string of the molecule is CCCCCOCC(CCC)CCCCCO. The predicted octanol–water partition coefficient (Wildman–Crippen LogP) is 4.16. The zero-order valence-corrected chi connectivity index (χ0v) is 11.9. The third-order valence-electron chi connectivity index (χ3n) is 3.21. The molecule has 0 amide bonds. The first kappa shape index (κ1) is 16.9. The van der Waals surface area contributed by atoms with E-state index >= 15 is 0 Å². The Labute approximate surface area is 108 Å². The van der Waals surface area contributed by atoms with Crippen LogP contribution in [0.15, 0.2) is 0 Å². The van der Waals surface area contributed by atoms with Gasteiger partial charge in [-0.25, -0.2) is 0 Å². The van der Waals surface area contributed by atoms with Crippen LogP contribution in [-0.4, -0.2) is 24.9 Å². The molecule has 1 N–H and O–H groups in total. The van der Waals surface area contributed by atoms with Crippen molar-refractivity contribution < 1.29 is 9.84 Å². The first-order chi connectivity index (χ1) is 8.35. The number of ether oxygens (including phenoxy) is 1. The van der Waals surface area contributed by atoms with E-state index in [1.54, 1.807) is 0 Å². The van der Waals surface area contributed by atoms with Crippen molar-refractivity contribution >= 4 is 0 Å². The van der Waals surface area contributed by atoms with Gasteiger partial charge >= 0.3 is 0 Å². The minimum absolute atomic E-state index is 0.339. The molecule has 2 heteroatoms. The van der Waals surface area contributed by atoms with Gasteiger partial charge in [-0.05, 0) is 31.6 Å². The standard InChI is InChI=1S/C15H32O2/c1-3-5-9-13-17-14-15(10-4-2)11-7-6-8-12-16/h15-16H,3-14H2,1-2H3. The Hall–Kier alpha value is -0.0800. The molecular formula is C15H32O2. The number of unbranched alkanes of at least 4 members (excludes halogenated alkanes) is 4. The summed E-state index contributed by atoms with van der Waals surface area (Å²) >= 11 is 0. The summed E-state index contributed by atoms with van der Waals surface area (Å²) in [5, 5.41) is 8.73. The fourth-order valence-electron chi connectivity index (χ4n) is 2.14. The zero-order valence-electron chi connectivity index (χ0n) is 11.9. The van der Waals surface area contributed by atoms with Crippen molar-refractivity contribution in [3.8, 4) is 0 Å². The summed E-state index contributed by atoms with van der Waals surface area (Å²) in [4.78, 5) is 0. The summed E-state index contributed by atoms with van der Waals surface area (Å²) in [5.74, 6) is 0.736.